The summed E-state index contributed by atoms with van der Waals surface area (Å²) in [5.41, 5.74) is 2.41. The third-order valence-corrected chi connectivity index (χ3v) is 4.63. The second kappa shape index (κ2) is 5.85. The number of ketones is 1. The van der Waals surface area contributed by atoms with E-state index in [-0.39, 0.29) is 23.9 Å². The molecule has 1 aromatic carbocycles. The molecule has 24 heavy (non-hydrogen) atoms. The third-order valence-electron chi connectivity index (χ3n) is 4.63. The molecule has 0 saturated carbocycles. The predicted octanol–water partition coefficient (Wildman–Crippen LogP) is 2.96. The van der Waals surface area contributed by atoms with Gasteiger partial charge in [0.05, 0.1) is 24.2 Å². The van der Waals surface area contributed by atoms with Gasteiger partial charge < -0.3 is 4.90 Å². The van der Waals surface area contributed by atoms with Crippen molar-refractivity contribution < 1.29 is 14.0 Å². The van der Waals surface area contributed by atoms with Crippen molar-refractivity contribution in [3.05, 3.63) is 52.6 Å². The van der Waals surface area contributed by atoms with Gasteiger partial charge in [0, 0.05) is 23.2 Å². The van der Waals surface area contributed by atoms with E-state index in [4.69, 9.17) is 0 Å². The maximum absolute atomic E-state index is 13.0. The van der Waals surface area contributed by atoms with Crippen LogP contribution in [0.5, 0.6) is 0 Å². The summed E-state index contributed by atoms with van der Waals surface area (Å²) in [6.07, 6.45) is 0.583. The van der Waals surface area contributed by atoms with Crippen LogP contribution in [0.1, 0.15) is 54.5 Å². The van der Waals surface area contributed by atoms with Crippen molar-refractivity contribution in [1.82, 2.24) is 15.1 Å². The highest BCUT2D eigenvalue weighted by atomic mass is 19.1. The molecular formula is C18H20FN3O2. The zero-order valence-corrected chi connectivity index (χ0v) is 14.0. The Balaban J connectivity index is 1.85. The summed E-state index contributed by atoms with van der Waals surface area (Å²) < 4.78 is 13.0. The lowest BCUT2D eigenvalue weighted by Crippen LogP contribution is -2.40. The predicted molar refractivity (Wildman–Crippen MR) is 86.9 cm³/mol. The van der Waals surface area contributed by atoms with Crippen molar-refractivity contribution in [2.75, 3.05) is 0 Å². The molecule has 1 aliphatic rings. The Kier molecular flexibility index (Phi) is 3.99. The number of amides is 1. The standard InChI is InChI=1S/C18H20FN3O2/c1-4-16(24)22-10-13-14(20-21-17(13)18(22,2)3)9-15(23)11-5-7-12(19)8-6-11/h5-8H,4,9-10H2,1-3H3,(H,20,21). The summed E-state index contributed by atoms with van der Waals surface area (Å²) in [5, 5.41) is 7.28. The minimum atomic E-state index is -0.490. The number of halogens is 1. The molecule has 1 aliphatic heterocycles. The number of H-pyrrole nitrogens is 1. The fraction of sp³-hybridized carbons (Fsp3) is 0.389. The van der Waals surface area contributed by atoms with Crippen LogP contribution in [0, 0.1) is 5.82 Å². The first-order valence-corrected chi connectivity index (χ1v) is 8.00. The van der Waals surface area contributed by atoms with E-state index in [2.05, 4.69) is 10.2 Å². The average molecular weight is 329 g/mol. The van der Waals surface area contributed by atoms with Gasteiger partial charge in [-0.25, -0.2) is 4.39 Å². The van der Waals surface area contributed by atoms with Gasteiger partial charge in [-0.05, 0) is 38.1 Å². The number of rotatable bonds is 4. The smallest absolute Gasteiger partial charge is 0.223 e. The van der Waals surface area contributed by atoms with Gasteiger partial charge in [-0.3, -0.25) is 14.7 Å². The van der Waals surface area contributed by atoms with Crippen LogP contribution in [0.15, 0.2) is 24.3 Å². The monoisotopic (exact) mass is 329 g/mol. The quantitative estimate of drug-likeness (QED) is 0.877. The molecule has 0 aliphatic carbocycles. The minimum Gasteiger partial charge on any atom is -0.327 e. The van der Waals surface area contributed by atoms with Gasteiger partial charge in [0.1, 0.15) is 5.82 Å². The molecule has 0 unspecified atom stereocenters. The summed E-state index contributed by atoms with van der Waals surface area (Å²) >= 11 is 0. The summed E-state index contributed by atoms with van der Waals surface area (Å²) in [6, 6.07) is 5.50. The highest BCUT2D eigenvalue weighted by Gasteiger charge is 2.43. The molecule has 1 amide bonds. The van der Waals surface area contributed by atoms with Gasteiger partial charge in [-0.1, -0.05) is 6.92 Å². The summed E-state index contributed by atoms with van der Waals surface area (Å²) in [7, 11) is 0. The lowest BCUT2D eigenvalue weighted by molar-refractivity contribution is -0.136. The highest BCUT2D eigenvalue weighted by Crippen LogP contribution is 2.39. The maximum atomic E-state index is 13.0. The molecule has 0 atom stereocenters. The minimum absolute atomic E-state index is 0.0637. The fourth-order valence-corrected chi connectivity index (χ4v) is 3.20. The van der Waals surface area contributed by atoms with Crippen molar-refractivity contribution in [3.8, 4) is 0 Å². The third kappa shape index (κ3) is 2.62. The second-order valence-electron chi connectivity index (χ2n) is 6.53. The van der Waals surface area contributed by atoms with Crippen LogP contribution in [0.4, 0.5) is 4.39 Å². The van der Waals surface area contributed by atoms with E-state index in [1.807, 2.05) is 20.8 Å². The molecule has 6 heteroatoms. The SMILES string of the molecule is CCC(=O)N1Cc2c(n[nH]c2CC(=O)c2ccc(F)cc2)C1(C)C. The Bertz CT molecular complexity index is 793. The van der Waals surface area contributed by atoms with E-state index < -0.39 is 5.54 Å². The number of fused-ring (bicyclic) bond motifs is 1. The van der Waals surface area contributed by atoms with Crippen LogP contribution in [0.25, 0.3) is 0 Å². The summed E-state index contributed by atoms with van der Waals surface area (Å²) in [5.74, 6) is -0.419. The molecule has 0 radical (unpaired) electrons. The topological polar surface area (TPSA) is 66.1 Å². The molecule has 126 valence electrons. The van der Waals surface area contributed by atoms with Gasteiger partial charge in [-0.2, -0.15) is 5.10 Å². The Morgan fingerprint density at radius 2 is 1.96 bits per heavy atom. The van der Waals surface area contributed by atoms with Crippen molar-refractivity contribution in [1.29, 1.82) is 0 Å². The van der Waals surface area contributed by atoms with Crippen LogP contribution in [0.2, 0.25) is 0 Å². The van der Waals surface area contributed by atoms with E-state index in [0.717, 1.165) is 17.0 Å². The van der Waals surface area contributed by atoms with Crippen molar-refractivity contribution in [2.45, 2.75) is 45.7 Å². The number of aromatic amines is 1. The molecule has 2 heterocycles. The molecule has 3 rings (SSSR count). The van der Waals surface area contributed by atoms with E-state index in [1.54, 1.807) is 4.90 Å². The number of nitrogens with zero attached hydrogens (tertiary/aromatic N) is 2. The molecule has 0 bridgehead atoms. The Morgan fingerprint density at radius 1 is 1.29 bits per heavy atom. The maximum Gasteiger partial charge on any atom is 0.223 e. The van der Waals surface area contributed by atoms with Gasteiger partial charge in [0.25, 0.3) is 0 Å². The first kappa shape index (κ1) is 16.4. The number of Topliss-reactive ketones (excluding diaryl/α,β-unsaturated/α-hetero) is 1. The van der Waals surface area contributed by atoms with E-state index >= 15 is 0 Å². The lowest BCUT2D eigenvalue weighted by Gasteiger charge is -2.31. The van der Waals surface area contributed by atoms with Crippen LogP contribution in [-0.2, 0) is 23.3 Å². The van der Waals surface area contributed by atoms with Gasteiger partial charge >= 0.3 is 0 Å². The zero-order chi connectivity index (χ0) is 17.5. The van der Waals surface area contributed by atoms with E-state index in [1.165, 1.54) is 24.3 Å². The van der Waals surface area contributed by atoms with Gasteiger partial charge in [0.15, 0.2) is 5.78 Å². The van der Waals surface area contributed by atoms with Crippen LogP contribution in [0.3, 0.4) is 0 Å². The average Bonchev–Trinajstić information content (AvgIpc) is 3.06. The molecule has 1 N–H and O–H groups in total. The van der Waals surface area contributed by atoms with Crippen molar-refractivity contribution in [3.63, 3.8) is 0 Å². The Hall–Kier alpha value is -2.50. The zero-order valence-electron chi connectivity index (χ0n) is 14.0. The number of nitrogens with one attached hydrogen (secondary N) is 1. The Morgan fingerprint density at radius 3 is 2.58 bits per heavy atom. The summed E-state index contributed by atoms with van der Waals surface area (Å²) in [6.45, 7) is 6.20. The van der Waals surface area contributed by atoms with Gasteiger partial charge in [-0.15, -0.1) is 0 Å². The molecule has 0 fully saturated rings. The molecule has 1 aromatic heterocycles. The van der Waals surface area contributed by atoms with E-state index in [0.29, 0.717) is 18.5 Å². The lowest BCUT2D eigenvalue weighted by atomic mass is 9.98. The van der Waals surface area contributed by atoms with Crippen LogP contribution in [-0.4, -0.2) is 26.8 Å². The number of hydrogen-bond donors (Lipinski definition) is 1. The van der Waals surface area contributed by atoms with Crippen LogP contribution >= 0.6 is 0 Å². The second-order valence-corrected chi connectivity index (χ2v) is 6.53. The molecule has 0 spiro atoms. The van der Waals surface area contributed by atoms with Crippen molar-refractivity contribution >= 4 is 11.7 Å². The first-order valence-electron chi connectivity index (χ1n) is 8.00. The number of carbonyl (C=O) groups excluding carboxylic acids is 2. The highest BCUT2D eigenvalue weighted by molar-refractivity contribution is 5.97. The normalized spacial score (nSPS) is 15.4. The fourth-order valence-electron chi connectivity index (χ4n) is 3.20. The molecule has 5 nitrogen and oxygen atoms in total. The van der Waals surface area contributed by atoms with E-state index in [9.17, 15) is 14.0 Å². The first-order chi connectivity index (χ1) is 11.3. The van der Waals surface area contributed by atoms with Gasteiger partial charge in [0.2, 0.25) is 5.91 Å². The van der Waals surface area contributed by atoms with Crippen molar-refractivity contribution in [2.24, 2.45) is 0 Å². The summed E-state index contributed by atoms with van der Waals surface area (Å²) in [4.78, 5) is 26.4. The molecular weight excluding hydrogens is 309 g/mol. The number of benzene rings is 1. The number of carbonyl (C=O) groups is 2. The number of aromatic nitrogens is 2. The Labute approximate surface area is 139 Å². The largest absolute Gasteiger partial charge is 0.327 e. The molecule has 2 aromatic rings. The molecule has 0 saturated heterocycles. The van der Waals surface area contributed by atoms with Crippen LogP contribution < -0.4 is 0 Å². The number of hydrogen-bond acceptors (Lipinski definition) is 3.